The lowest BCUT2D eigenvalue weighted by Gasteiger charge is -2.22. The van der Waals surface area contributed by atoms with Crippen molar-refractivity contribution in [1.82, 2.24) is 5.32 Å². The lowest BCUT2D eigenvalue weighted by Crippen LogP contribution is -2.27. The molecule has 18 heavy (non-hydrogen) atoms. The third-order valence-corrected chi connectivity index (χ3v) is 2.93. The van der Waals surface area contributed by atoms with Crippen molar-refractivity contribution >= 4 is 16.3 Å². The predicted molar refractivity (Wildman–Crippen MR) is 68.4 cm³/mol. The first-order valence-electron chi connectivity index (χ1n) is 5.74. The lowest BCUT2D eigenvalue weighted by atomic mass is 10.0. The highest BCUT2D eigenvalue weighted by Gasteiger charge is 2.24. The Morgan fingerprint density at radius 3 is 2.50 bits per heavy atom. The first kappa shape index (κ1) is 17.1. The number of amides is 1. The zero-order valence-corrected chi connectivity index (χ0v) is 11.6. The lowest BCUT2D eigenvalue weighted by molar-refractivity contribution is -0.116. The summed E-state index contributed by atoms with van der Waals surface area (Å²) < 4.78 is 34.2. The second kappa shape index (κ2) is 7.50. The van der Waals surface area contributed by atoms with Gasteiger partial charge in [0.2, 0.25) is 5.91 Å². The molecule has 0 rings (SSSR count). The van der Waals surface area contributed by atoms with E-state index in [1.54, 1.807) is 13.8 Å². The fourth-order valence-electron chi connectivity index (χ4n) is 1.46. The summed E-state index contributed by atoms with van der Waals surface area (Å²) >= 11 is 0. The highest BCUT2D eigenvalue weighted by molar-refractivity contribution is 7.80. The molecular weight excluding hydrogens is 258 g/mol. The van der Waals surface area contributed by atoms with E-state index in [1.165, 1.54) is 6.08 Å². The van der Waals surface area contributed by atoms with E-state index in [0.717, 1.165) is 19.3 Å². The largest absolute Gasteiger partial charge is 0.397 e. The Bertz CT molecular complexity index is 375. The fourth-order valence-corrected chi connectivity index (χ4v) is 2.12. The number of carbonyl (C=O) groups excluding carboxylic acids is 1. The number of rotatable bonds is 9. The molecule has 0 atom stereocenters. The van der Waals surface area contributed by atoms with Crippen LogP contribution in [-0.4, -0.2) is 31.0 Å². The Kier molecular flexibility index (Phi) is 7.12. The first-order chi connectivity index (χ1) is 8.16. The van der Waals surface area contributed by atoms with Gasteiger partial charge in [0.15, 0.2) is 0 Å². The maximum absolute atomic E-state index is 10.8. The van der Waals surface area contributed by atoms with Crippen LogP contribution in [0.25, 0.3) is 0 Å². The van der Waals surface area contributed by atoms with E-state index in [1.807, 2.05) is 0 Å². The molecule has 0 aliphatic carbocycles. The van der Waals surface area contributed by atoms with Crippen LogP contribution in [0.4, 0.5) is 0 Å². The van der Waals surface area contributed by atoms with E-state index in [2.05, 4.69) is 16.1 Å². The van der Waals surface area contributed by atoms with Crippen LogP contribution in [0.3, 0.4) is 0 Å². The van der Waals surface area contributed by atoms with Crippen LogP contribution in [0.15, 0.2) is 12.7 Å². The van der Waals surface area contributed by atoms with Gasteiger partial charge in [-0.2, -0.15) is 8.42 Å². The second-order valence-electron chi connectivity index (χ2n) is 4.58. The zero-order valence-electron chi connectivity index (χ0n) is 10.8. The van der Waals surface area contributed by atoms with Crippen LogP contribution in [-0.2, 0) is 19.4 Å². The highest BCUT2D eigenvalue weighted by Crippen LogP contribution is 2.20. The third-order valence-electron chi connectivity index (χ3n) is 2.27. The van der Waals surface area contributed by atoms with E-state index < -0.39 is 16.0 Å². The van der Waals surface area contributed by atoms with Crippen LogP contribution in [0.2, 0.25) is 0 Å². The van der Waals surface area contributed by atoms with Gasteiger partial charge in [0.25, 0.3) is 0 Å². The molecule has 0 unspecified atom stereocenters. The van der Waals surface area contributed by atoms with Gasteiger partial charge in [-0.1, -0.05) is 19.4 Å². The van der Waals surface area contributed by atoms with Gasteiger partial charge in [-0.25, -0.2) is 4.18 Å². The summed E-state index contributed by atoms with van der Waals surface area (Å²) in [5, 5.41) is 2.64. The molecule has 7 heteroatoms. The Labute approximate surface area is 108 Å². The molecule has 0 aliphatic heterocycles. The molecule has 106 valence electrons. The molecule has 0 radical (unpaired) electrons. The molecule has 0 heterocycles. The van der Waals surface area contributed by atoms with Crippen molar-refractivity contribution in [1.29, 1.82) is 0 Å². The molecule has 0 bridgehead atoms. The normalized spacial score (nSPS) is 12.2. The molecule has 0 aromatic heterocycles. The van der Waals surface area contributed by atoms with Gasteiger partial charge in [0, 0.05) is 6.54 Å². The van der Waals surface area contributed by atoms with E-state index in [0.29, 0.717) is 13.0 Å². The number of carbonyl (C=O) groups is 1. The Morgan fingerprint density at radius 2 is 2.00 bits per heavy atom. The SMILES string of the molecule is C=CC(=O)NCCCCCC(C)(C)OS(=O)(=O)O. The van der Waals surface area contributed by atoms with Crippen molar-refractivity contribution in [3.63, 3.8) is 0 Å². The van der Waals surface area contributed by atoms with Crippen LogP contribution in [0.1, 0.15) is 39.5 Å². The van der Waals surface area contributed by atoms with Gasteiger partial charge in [0.05, 0.1) is 5.60 Å². The predicted octanol–water partition coefficient (Wildman–Crippen LogP) is 1.45. The van der Waals surface area contributed by atoms with Crippen LogP contribution in [0.5, 0.6) is 0 Å². The van der Waals surface area contributed by atoms with Crippen molar-refractivity contribution in [3.05, 3.63) is 12.7 Å². The number of nitrogens with one attached hydrogen (secondary N) is 1. The molecule has 0 saturated carbocycles. The minimum Gasteiger partial charge on any atom is -0.353 e. The van der Waals surface area contributed by atoms with E-state index in [4.69, 9.17) is 4.55 Å². The topological polar surface area (TPSA) is 92.7 Å². The molecule has 0 aromatic carbocycles. The van der Waals surface area contributed by atoms with Crippen LogP contribution in [0, 0.1) is 0 Å². The van der Waals surface area contributed by atoms with Crippen LogP contribution < -0.4 is 5.32 Å². The summed E-state index contributed by atoms with van der Waals surface area (Å²) in [4.78, 5) is 10.8. The average molecular weight is 279 g/mol. The highest BCUT2D eigenvalue weighted by atomic mass is 32.3. The number of hydrogen-bond donors (Lipinski definition) is 2. The van der Waals surface area contributed by atoms with E-state index >= 15 is 0 Å². The van der Waals surface area contributed by atoms with Gasteiger partial charge < -0.3 is 5.32 Å². The fraction of sp³-hybridized carbons (Fsp3) is 0.727. The Balaban J connectivity index is 3.71. The van der Waals surface area contributed by atoms with Gasteiger partial charge in [-0.15, -0.1) is 0 Å². The van der Waals surface area contributed by atoms with Crippen LogP contribution >= 0.6 is 0 Å². The van der Waals surface area contributed by atoms with E-state index in [9.17, 15) is 13.2 Å². The number of unbranched alkanes of at least 4 members (excludes halogenated alkanes) is 2. The molecule has 0 aliphatic rings. The van der Waals surface area contributed by atoms with Crippen molar-refractivity contribution < 1.29 is 21.9 Å². The Hall–Kier alpha value is -0.920. The van der Waals surface area contributed by atoms with Crippen molar-refractivity contribution in [2.45, 2.75) is 45.1 Å². The molecule has 2 N–H and O–H groups in total. The third kappa shape index (κ3) is 10.2. The molecular formula is C11H21NO5S. The zero-order chi connectivity index (χ0) is 14.2. The molecule has 6 nitrogen and oxygen atoms in total. The average Bonchev–Trinajstić information content (AvgIpc) is 2.19. The minimum absolute atomic E-state index is 0.204. The molecule has 0 fully saturated rings. The smallest absolute Gasteiger partial charge is 0.353 e. The molecule has 0 saturated heterocycles. The molecule has 0 aromatic rings. The summed E-state index contributed by atoms with van der Waals surface area (Å²) in [5.74, 6) is -0.204. The standard InChI is InChI=1S/C11H21NO5S/c1-4-10(13)12-9-7-5-6-8-11(2,3)17-18(14,15)16/h4H,1,5-9H2,2-3H3,(H,12,13)(H,14,15,16). The summed E-state index contributed by atoms with van der Waals surface area (Å²) in [6, 6.07) is 0. The van der Waals surface area contributed by atoms with Crippen molar-refractivity contribution in [3.8, 4) is 0 Å². The summed E-state index contributed by atoms with van der Waals surface area (Å²) in [7, 11) is -4.41. The maximum Gasteiger partial charge on any atom is 0.397 e. The monoisotopic (exact) mass is 279 g/mol. The number of hydrogen-bond acceptors (Lipinski definition) is 4. The second-order valence-corrected chi connectivity index (χ2v) is 5.60. The summed E-state index contributed by atoms with van der Waals surface area (Å²) in [5.41, 5.74) is -0.919. The summed E-state index contributed by atoms with van der Waals surface area (Å²) in [6.07, 6.45) is 4.08. The van der Waals surface area contributed by atoms with Crippen molar-refractivity contribution in [2.75, 3.05) is 6.54 Å². The molecule has 1 amide bonds. The maximum atomic E-state index is 10.8. The van der Waals surface area contributed by atoms with Crippen molar-refractivity contribution in [2.24, 2.45) is 0 Å². The quantitative estimate of drug-likeness (QED) is 0.378. The first-order valence-corrected chi connectivity index (χ1v) is 7.11. The van der Waals surface area contributed by atoms with Gasteiger partial charge in [0.1, 0.15) is 0 Å². The minimum atomic E-state index is -4.41. The summed E-state index contributed by atoms with van der Waals surface area (Å²) in [6.45, 7) is 7.09. The van der Waals surface area contributed by atoms with Gasteiger partial charge in [-0.05, 0) is 32.8 Å². The van der Waals surface area contributed by atoms with E-state index in [-0.39, 0.29) is 5.91 Å². The Morgan fingerprint density at radius 1 is 1.39 bits per heavy atom. The molecule has 0 spiro atoms. The van der Waals surface area contributed by atoms with Gasteiger partial charge in [-0.3, -0.25) is 9.35 Å². The van der Waals surface area contributed by atoms with Gasteiger partial charge >= 0.3 is 10.4 Å².